The van der Waals surface area contributed by atoms with Crippen LogP contribution in [0.25, 0.3) is 11.0 Å². The largest absolute Gasteiger partial charge is 0.462 e. The van der Waals surface area contributed by atoms with Gasteiger partial charge in [0.15, 0.2) is 11.6 Å². The van der Waals surface area contributed by atoms with Crippen molar-refractivity contribution in [2.45, 2.75) is 180 Å². The minimum Gasteiger partial charge on any atom is -0.462 e. The highest BCUT2D eigenvalue weighted by Gasteiger charge is 2.20. The molecule has 2 rings (SSSR count). The average molecular weight is 793 g/mol. The molecule has 55 heavy (non-hydrogen) atoms. The third kappa shape index (κ3) is 23.3. The normalized spacial score (nSPS) is 11.7. The Morgan fingerprint density at radius 2 is 1.13 bits per heavy atom. The van der Waals surface area contributed by atoms with Crippen molar-refractivity contribution in [2.24, 2.45) is 0 Å². The summed E-state index contributed by atoms with van der Waals surface area (Å²) in [5.74, 6) is -1.35. The van der Waals surface area contributed by atoms with Crippen LogP contribution in [0.3, 0.4) is 0 Å². The maximum absolute atomic E-state index is 12.5. The van der Waals surface area contributed by atoms with Crippen molar-refractivity contribution in [3.05, 3.63) is 22.2 Å². The molecule has 0 unspecified atom stereocenters. The van der Waals surface area contributed by atoms with Crippen molar-refractivity contribution in [3.63, 3.8) is 0 Å². The number of carbonyl (C=O) groups is 3. The number of thiol groups is 1. The highest BCUT2D eigenvalue weighted by atomic mass is 32.1. The van der Waals surface area contributed by atoms with Crippen LogP contribution in [0.1, 0.15) is 174 Å². The third-order valence-electron chi connectivity index (χ3n) is 9.74. The van der Waals surface area contributed by atoms with E-state index in [0.717, 1.165) is 77.2 Å². The molecular formula is C41H68N4O9S. The lowest BCUT2D eigenvalue weighted by Gasteiger charge is -2.18. The smallest absolute Gasteiger partial charge is 0.315 e. The number of hydrogen-bond donors (Lipinski definition) is 2. The van der Waals surface area contributed by atoms with E-state index in [0.29, 0.717) is 24.0 Å². The maximum Gasteiger partial charge on any atom is 0.315 e. The number of rotatable bonds is 36. The van der Waals surface area contributed by atoms with E-state index in [1.807, 2.05) is 0 Å². The highest BCUT2D eigenvalue weighted by Crippen LogP contribution is 2.28. The first-order valence-electron chi connectivity index (χ1n) is 21.1. The molecule has 0 aliphatic carbocycles. The Balaban J connectivity index is 1.46. The van der Waals surface area contributed by atoms with Gasteiger partial charge in [-0.3, -0.25) is 24.5 Å². The van der Waals surface area contributed by atoms with Crippen LogP contribution in [0.15, 0.2) is 16.8 Å². The van der Waals surface area contributed by atoms with E-state index in [1.165, 1.54) is 83.1 Å². The fraction of sp³-hybridized carbons (Fsp3) is 0.780. The van der Waals surface area contributed by atoms with Crippen LogP contribution < -0.4 is 5.32 Å². The number of benzene rings is 1. The lowest BCUT2D eigenvalue weighted by atomic mass is 10.0. The van der Waals surface area contributed by atoms with Crippen LogP contribution in [0, 0.1) is 10.1 Å². The molecule has 14 heteroatoms. The van der Waals surface area contributed by atoms with Gasteiger partial charge in [0.05, 0.1) is 16.4 Å². The van der Waals surface area contributed by atoms with Crippen LogP contribution in [-0.4, -0.2) is 64.8 Å². The molecular weight excluding hydrogens is 725 g/mol. The number of non-ortho nitro benzene ring substituents is 1. The van der Waals surface area contributed by atoms with Gasteiger partial charge in [-0.25, -0.2) is 4.63 Å². The van der Waals surface area contributed by atoms with Gasteiger partial charge >= 0.3 is 23.6 Å². The molecule has 0 aliphatic rings. The van der Waals surface area contributed by atoms with Crippen molar-refractivity contribution < 1.29 is 38.1 Å². The fourth-order valence-corrected chi connectivity index (χ4v) is 6.58. The summed E-state index contributed by atoms with van der Waals surface area (Å²) in [6, 6.07) is 3.03. The van der Waals surface area contributed by atoms with Gasteiger partial charge in [-0.15, -0.1) is 0 Å². The second-order valence-corrected chi connectivity index (χ2v) is 14.9. The Hall–Kier alpha value is -3.42. The van der Waals surface area contributed by atoms with Gasteiger partial charge in [-0.05, 0) is 35.6 Å². The van der Waals surface area contributed by atoms with Crippen molar-refractivity contribution in [2.75, 3.05) is 30.8 Å². The third-order valence-corrected chi connectivity index (χ3v) is 9.99. The Kier molecular flexibility index (Phi) is 27.6. The first-order chi connectivity index (χ1) is 26.8. The summed E-state index contributed by atoms with van der Waals surface area (Å²) in [5.41, 5.74) is 1.04. The molecule has 13 nitrogen and oxygen atoms in total. The molecule has 2 aromatic rings. The number of nitrogens with one attached hydrogen (secondary N) is 1. The van der Waals surface area contributed by atoms with Crippen molar-refractivity contribution in [3.8, 4) is 0 Å². The zero-order valence-electron chi connectivity index (χ0n) is 33.4. The van der Waals surface area contributed by atoms with E-state index >= 15 is 0 Å². The number of fused-ring (bicyclic) bond motifs is 1. The molecule has 0 bridgehead atoms. The van der Waals surface area contributed by atoms with Gasteiger partial charge in [0, 0.05) is 25.5 Å². The van der Waals surface area contributed by atoms with Gasteiger partial charge in [-0.1, -0.05) is 142 Å². The standard InChI is InChI=1S/C41H68N4O9S/c1-2-3-4-5-6-7-8-9-10-11-12-14-17-20-23-26-37(46)51-31-34(32-52-39(48)33-55)53-38(47)27-24-21-18-15-13-16-19-22-25-30-42-35-28-29-36(45(49)50)41-40(35)43-54-44-41/h28-29,34,42,55H,2-27,30-33H2,1H3/t34-/m1/s1. The number of hydrogen-bond acceptors (Lipinski definition) is 13. The second-order valence-electron chi connectivity index (χ2n) is 14.5. The predicted molar refractivity (Wildman–Crippen MR) is 218 cm³/mol. The van der Waals surface area contributed by atoms with Gasteiger partial charge in [-0.2, -0.15) is 12.6 Å². The quantitative estimate of drug-likeness (QED) is 0.0167. The van der Waals surface area contributed by atoms with Gasteiger partial charge in [0.25, 0.3) is 0 Å². The van der Waals surface area contributed by atoms with Crippen molar-refractivity contribution >= 4 is 52.9 Å². The minimum absolute atomic E-state index is 0.0905. The van der Waals surface area contributed by atoms with Gasteiger partial charge < -0.3 is 19.5 Å². The molecule has 0 saturated carbocycles. The van der Waals surface area contributed by atoms with Crippen molar-refractivity contribution in [1.82, 2.24) is 10.3 Å². The molecule has 1 heterocycles. The Labute approximate surface area is 333 Å². The molecule has 1 aromatic carbocycles. The summed E-state index contributed by atoms with van der Waals surface area (Å²) < 4.78 is 20.7. The zero-order valence-corrected chi connectivity index (χ0v) is 34.3. The molecule has 0 amide bonds. The number of nitrogens with zero attached hydrogens (tertiary/aromatic N) is 3. The Bertz CT molecular complexity index is 1340. The first kappa shape index (κ1) is 47.7. The Morgan fingerprint density at radius 3 is 1.64 bits per heavy atom. The fourth-order valence-electron chi connectivity index (χ4n) is 6.49. The van der Waals surface area contributed by atoms with Crippen LogP contribution in [-0.2, 0) is 28.6 Å². The summed E-state index contributed by atoms with van der Waals surface area (Å²) in [6.07, 6.45) is 27.7. The number of esters is 3. The number of nitro groups is 1. The molecule has 0 saturated heterocycles. The first-order valence-corrected chi connectivity index (χ1v) is 21.7. The average Bonchev–Trinajstić information content (AvgIpc) is 3.68. The number of carbonyl (C=O) groups excluding carboxylic acids is 3. The number of nitro benzene ring substituents is 1. The van der Waals surface area contributed by atoms with Crippen LogP contribution in [0.5, 0.6) is 0 Å². The summed E-state index contributed by atoms with van der Waals surface area (Å²) in [7, 11) is 0. The van der Waals surface area contributed by atoms with Crippen LogP contribution >= 0.6 is 12.6 Å². The number of anilines is 1. The SMILES string of the molecule is CCCCCCCCCCCCCCCCCC(=O)OC[C@H](COC(=O)CS)OC(=O)CCCCCCCCCCCNc1ccc([N+](=O)[O-])c2nonc12. The molecule has 312 valence electrons. The second kappa shape index (κ2) is 31.7. The summed E-state index contributed by atoms with van der Waals surface area (Å²) in [5, 5.41) is 21.9. The number of ether oxygens (including phenoxy) is 3. The summed E-state index contributed by atoms with van der Waals surface area (Å²) in [6.45, 7) is 2.66. The highest BCUT2D eigenvalue weighted by molar-refractivity contribution is 7.81. The topological polar surface area (TPSA) is 173 Å². The number of aromatic nitrogens is 2. The van der Waals surface area contributed by atoms with Gasteiger partial charge in [0.2, 0.25) is 5.52 Å². The molecule has 0 aliphatic heterocycles. The molecule has 0 fully saturated rings. The molecule has 0 radical (unpaired) electrons. The van der Waals surface area contributed by atoms with Crippen molar-refractivity contribution in [1.29, 1.82) is 0 Å². The van der Waals surface area contributed by atoms with Crippen LogP contribution in [0.4, 0.5) is 11.4 Å². The lowest BCUT2D eigenvalue weighted by Crippen LogP contribution is -2.31. The molecule has 1 N–H and O–H groups in total. The predicted octanol–water partition coefficient (Wildman–Crippen LogP) is 10.6. The monoisotopic (exact) mass is 792 g/mol. The lowest BCUT2D eigenvalue weighted by molar-refractivity contribution is -0.383. The van der Waals surface area contributed by atoms with Crippen LogP contribution in [0.2, 0.25) is 0 Å². The van der Waals surface area contributed by atoms with E-state index in [9.17, 15) is 24.5 Å². The maximum atomic E-state index is 12.5. The molecule has 1 aromatic heterocycles. The molecule has 1 atom stereocenters. The van der Waals surface area contributed by atoms with E-state index < -0.39 is 23.0 Å². The van der Waals surface area contributed by atoms with E-state index in [2.05, 4.69) is 35.2 Å². The summed E-state index contributed by atoms with van der Waals surface area (Å²) in [4.78, 5) is 47.1. The zero-order chi connectivity index (χ0) is 39.8. The number of unbranched alkanes of at least 4 members (excludes halogenated alkanes) is 22. The van der Waals surface area contributed by atoms with Gasteiger partial charge in [0.1, 0.15) is 13.2 Å². The molecule has 0 spiro atoms. The Morgan fingerprint density at radius 1 is 0.673 bits per heavy atom. The van der Waals surface area contributed by atoms with E-state index in [1.54, 1.807) is 6.07 Å². The van der Waals surface area contributed by atoms with E-state index in [-0.39, 0.29) is 42.6 Å². The van der Waals surface area contributed by atoms with E-state index in [4.69, 9.17) is 18.8 Å². The summed E-state index contributed by atoms with van der Waals surface area (Å²) >= 11 is 3.92. The minimum atomic E-state index is -0.842.